The first-order chi connectivity index (χ1) is 5.43. The second-order valence-electron chi connectivity index (χ2n) is 2.24. The molecule has 1 aromatic heterocycles. The highest BCUT2D eigenvalue weighted by Crippen LogP contribution is 1.90. The number of aromatic nitrogens is 1. The zero-order chi connectivity index (χ0) is 7.94. The zero-order valence-corrected chi connectivity index (χ0v) is 6.46. The Hall–Kier alpha value is -1.15. The van der Waals surface area contributed by atoms with E-state index in [0.29, 0.717) is 0 Å². The van der Waals surface area contributed by atoms with Crippen LogP contribution in [-0.4, -0.2) is 11.5 Å². The summed E-state index contributed by atoms with van der Waals surface area (Å²) >= 11 is 0. The van der Waals surface area contributed by atoms with Gasteiger partial charge in [0.25, 0.3) is 0 Å². The van der Waals surface area contributed by atoms with Crippen LogP contribution in [0.25, 0.3) is 0 Å². The van der Waals surface area contributed by atoms with Gasteiger partial charge in [-0.05, 0) is 12.1 Å². The van der Waals surface area contributed by atoms with Crippen molar-refractivity contribution in [3.05, 3.63) is 42.7 Å². The lowest BCUT2D eigenvalue weighted by Gasteiger charge is -1.98. The summed E-state index contributed by atoms with van der Waals surface area (Å²) in [7, 11) is 0. The van der Waals surface area contributed by atoms with Gasteiger partial charge in [-0.2, -0.15) is 0 Å². The second kappa shape index (κ2) is 4.63. The highest BCUT2D eigenvalue weighted by molar-refractivity contribution is 5.02. The monoisotopic (exact) mass is 148 g/mol. The molecule has 0 aliphatic rings. The van der Waals surface area contributed by atoms with Crippen LogP contribution in [0, 0.1) is 0 Å². The van der Waals surface area contributed by atoms with Crippen LogP contribution in [0.3, 0.4) is 0 Å². The van der Waals surface area contributed by atoms with E-state index < -0.39 is 0 Å². The smallest absolute Gasteiger partial charge is 0.0541 e. The summed E-state index contributed by atoms with van der Waals surface area (Å²) in [5.41, 5.74) is 1.06. The summed E-state index contributed by atoms with van der Waals surface area (Å²) in [5.74, 6) is 0. The molecule has 11 heavy (non-hydrogen) atoms. The van der Waals surface area contributed by atoms with Crippen LogP contribution >= 0.6 is 0 Å². The summed E-state index contributed by atoms with van der Waals surface area (Å²) in [6, 6.07) is 5.89. The summed E-state index contributed by atoms with van der Waals surface area (Å²) < 4.78 is 0. The third-order valence-electron chi connectivity index (χ3n) is 1.32. The highest BCUT2D eigenvalue weighted by Gasteiger charge is 1.88. The number of nitrogens with one attached hydrogen (secondary N) is 1. The van der Waals surface area contributed by atoms with Crippen LogP contribution in [0.5, 0.6) is 0 Å². The van der Waals surface area contributed by atoms with Gasteiger partial charge >= 0.3 is 0 Å². The summed E-state index contributed by atoms with van der Waals surface area (Å²) in [4.78, 5) is 4.15. The SMILES string of the molecule is C=CCNCc1ccccn1. The fraction of sp³-hybridized carbons (Fsp3) is 0.222. The minimum absolute atomic E-state index is 0.812. The third-order valence-corrected chi connectivity index (χ3v) is 1.32. The number of nitrogens with zero attached hydrogens (tertiary/aromatic N) is 1. The van der Waals surface area contributed by atoms with E-state index in [9.17, 15) is 0 Å². The standard InChI is InChI=1S/C9H12N2/c1-2-6-10-8-9-5-3-4-7-11-9/h2-5,7,10H,1,6,8H2. The Balaban J connectivity index is 2.33. The Morgan fingerprint density at radius 1 is 1.55 bits per heavy atom. The molecule has 1 rings (SSSR count). The van der Waals surface area contributed by atoms with E-state index in [0.717, 1.165) is 18.8 Å². The van der Waals surface area contributed by atoms with E-state index in [2.05, 4.69) is 16.9 Å². The van der Waals surface area contributed by atoms with Gasteiger partial charge in [-0.3, -0.25) is 4.98 Å². The van der Waals surface area contributed by atoms with Gasteiger partial charge in [0.15, 0.2) is 0 Å². The van der Waals surface area contributed by atoms with Gasteiger partial charge in [0.05, 0.1) is 5.69 Å². The van der Waals surface area contributed by atoms with Crippen molar-refractivity contribution >= 4 is 0 Å². The molecule has 0 aliphatic heterocycles. The molecule has 0 unspecified atom stereocenters. The topological polar surface area (TPSA) is 24.9 Å². The maximum absolute atomic E-state index is 4.15. The Kier molecular flexibility index (Phi) is 3.35. The van der Waals surface area contributed by atoms with Crippen molar-refractivity contribution in [2.45, 2.75) is 6.54 Å². The molecule has 1 heterocycles. The van der Waals surface area contributed by atoms with Gasteiger partial charge < -0.3 is 5.32 Å². The molecule has 0 atom stereocenters. The third kappa shape index (κ3) is 2.96. The Morgan fingerprint density at radius 2 is 2.45 bits per heavy atom. The minimum atomic E-state index is 0.812. The number of hydrogen-bond donors (Lipinski definition) is 1. The van der Waals surface area contributed by atoms with E-state index in [1.165, 1.54) is 0 Å². The van der Waals surface area contributed by atoms with Crippen molar-refractivity contribution in [1.29, 1.82) is 0 Å². The van der Waals surface area contributed by atoms with Gasteiger partial charge in [-0.1, -0.05) is 12.1 Å². The lowest BCUT2D eigenvalue weighted by Crippen LogP contribution is -2.13. The van der Waals surface area contributed by atoms with Crippen molar-refractivity contribution in [3.63, 3.8) is 0 Å². The first-order valence-corrected chi connectivity index (χ1v) is 3.65. The Bertz CT molecular complexity index is 206. The number of pyridine rings is 1. The molecule has 2 nitrogen and oxygen atoms in total. The molecule has 0 saturated carbocycles. The normalized spacial score (nSPS) is 9.45. The molecule has 0 spiro atoms. The molecule has 2 heteroatoms. The van der Waals surface area contributed by atoms with E-state index in [1.807, 2.05) is 24.3 Å². The van der Waals surface area contributed by atoms with Crippen molar-refractivity contribution < 1.29 is 0 Å². The van der Waals surface area contributed by atoms with Crippen LogP contribution in [0.4, 0.5) is 0 Å². The maximum Gasteiger partial charge on any atom is 0.0541 e. The van der Waals surface area contributed by atoms with E-state index in [-0.39, 0.29) is 0 Å². The van der Waals surface area contributed by atoms with Crippen molar-refractivity contribution in [3.8, 4) is 0 Å². The molecule has 0 saturated heterocycles. The molecule has 1 aromatic rings. The van der Waals surface area contributed by atoms with Gasteiger partial charge in [0.2, 0.25) is 0 Å². The molecule has 0 radical (unpaired) electrons. The molecule has 0 aliphatic carbocycles. The Labute approximate surface area is 67.0 Å². The van der Waals surface area contributed by atoms with Gasteiger partial charge in [-0.15, -0.1) is 6.58 Å². The minimum Gasteiger partial charge on any atom is -0.308 e. The maximum atomic E-state index is 4.15. The van der Waals surface area contributed by atoms with Crippen molar-refractivity contribution in [2.24, 2.45) is 0 Å². The lowest BCUT2D eigenvalue weighted by molar-refractivity contribution is 0.741. The first kappa shape index (κ1) is 7.95. The number of hydrogen-bond acceptors (Lipinski definition) is 2. The fourth-order valence-electron chi connectivity index (χ4n) is 0.805. The number of rotatable bonds is 4. The van der Waals surface area contributed by atoms with Crippen molar-refractivity contribution in [2.75, 3.05) is 6.54 Å². The van der Waals surface area contributed by atoms with E-state index in [4.69, 9.17) is 0 Å². The van der Waals surface area contributed by atoms with Crippen LogP contribution in [-0.2, 0) is 6.54 Å². The average molecular weight is 148 g/mol. The molecular weight excluding hydrogens is 136 g/mol. The Morgan fingerprint density at radius 3 is 3.09 bits per heavy atom. The second-order valence-corrected chi connectivity index (χ2v) is 2.24. The predicted molar refractivity (Wildman–Crippen MR) is 46.1 cm³/mol. The zero-order valence-electron chi connectivity index (χ0n) is 6.46. The predicted octanol–water partition coefficient (Wildman–Crippen LogP) is 1.36. The fourth-order valence-corrected chi connectivity index (χ4v) is 0.805. The van der Waals surface area contributed by atoms with Gasteiger partial charge in [0, 0.05) is 19.3 Å². The van der Waals surface area contributed by atoms with Gasteiger partial charge in [0.1, 0.15) is 0 Å². The summed E-state index contributed by atoms with van der Waals surface area (Å²) in [6.07, 6.45) is 3.63. The van der Waals surface area contributed by atoms with E-state index in [1.54, 1.807) is 6.20 Å². The van der Waals surface area contributed by atoms with Gasteiger partial charge in [-0.25, -0.2) is 0 Å². The lowest BCUT2D eigenvalue weighted by atomic mass is 10.3. The molecule has 0 fully saturated rings. The molecule has 0 amide bonds. The van der Waals surface area contributed by atoms with Crippen LogP contribution in [0.2, 0.25) is 0 Å². The molecule has 0 bridgehead atoms. The van der Waals surface area contributed by atoms with Crippen LogP contribution < -0.4 is 5.32 Å². The summed E-state index contributed by atoms with van der Waals surface area (Å²) in [5, 5.41) is 3.17. The molecule has 0 aromatic carbocycles. The van der Waals surface area contributed by atoms with E-state index >= 15 is 0 Å². The molecule has 1 N–H and O–H groups in total. The largest absolute Gasteiger partial charge is 0.308 e. The molecule has 58 valence electrons. The highest BCUT2D eigenvalue weighted by atomic mass is 14.9. The summed E-state index contributed by atoms with van der Waals surface area (Å²) in [6.45, 7) is 5.25. The van der Waals surface area contributed by atoms with Crippen LogP contribution in [0.1, 0.15) is 5.69 Å². The molecular formula is C9H12N2. The average Bonchev–Trinajstić information content (AvgIpc) is 2.07. The quantitative estimate of drug-likeness (QED) is 0.515. The van der Waals surface area contributed by atoms with Crippen molar-refractivity contribution in [1.82, 2.24) is 10.3 Å². The van der Waals surface area contributed by atoms with Crippen LogP contribution in [0.15, 0.2) is 37.1 Å². The first-order valence-electron chi connectivity index (χ1n) is 3.65.